The van der Waals surface area contributed by atoms with Crippen molar-refractivity contribution >= 4 is 56.8 Å². The zero-order valence-corrected chi connectivity index (χ0v) is 14.5. The molecule has 0 spiro atoms. The number of nitriles is 1. The van der Waals surface area contributed by atoms with Crippen LogP contribution in [0, 0.1) is 17.1 Å². The molecule has 0 saturated heterocycles. The van der Waals surface area contributed by atoms with Crippen molar-refractivity contribution < 1.29 is 9.18 Å². The standard InChI is InChI=1S/C16H8BrCl2FN2O/c17-11-2-4-15(14(20)6-11)22-16(23)10(8-21)5-9-1-3-12(18)7-13(9)19/h1-7H,(H,22,23). The first-order valence-corrected chi connectivity index (χ1v) is 7.79. The van der Waals surface area contributed by atoms with Crippen LogP contribution in [0.3, 0.4) is 0 Å². The van der Waals surface area contributed by atoms with Crippen LogP contribution in [0.2, 0.25) is 10.0 Å². The maximum Gasteiger partial charge on any atom is 0.266 e. The van der Waals surface area contributed by atoms with Crippen molar-refractivity contribution in [2.45, 2.75) is 0 Å². The third kappa shape index (κ3) is 4.55. The van der Waals surface area contributed by atoms with Crippen molar-refractivity contribution in [2.75, 3.05) is 5.32 Å². The predicted octanol–water partition coefficient (Wildman–Crippen LogP) is 5.44. The SMILES string of the molecule is N#CC(=Cc1ccc(Cl)cc1Cl)C(=O)Nc1ccc(Br)cc1F. The molecule has 0 aliphatic carbocycles. The van der Waals surface area contributed by atoms with E-state index in [4.69, 9.17) is 28.5 Å². The normalized spacial score (nSPS) is 11.0. The molecular formula is C16H8BrCl2FN2O. The second-order valence-corrected chi connectivity index (χ2v) is 6.17. The minimum atomic E-state index is -0.736. The summed E-state index contributed by atoms with van der Waals surface area (Å²) in [6.07, 6.45) is 1.31. The second kappa shape index (κ2) is 7.60. The summed E-state index contributed by atoms with van der Waals surface area (Å²) in [6, 6.07) is 10.6. The van der Waals surface area contributed by atoms with Crippen LogP contribution >= 0.6 is 39.1 Å². The Morgan fingerprint density at radius 1 is 1.26 bits per heavy atom. The summed E-state index contributed by atoms with van der Waals surface area (Å²) in [5.74, 6) is -1.35. The van der Waals surface area contributed by atoms with Gasteiger partial charge in [-0.1, -0.05) is 45.2 Å². The zero-order chi connectivity index (χ0) is 17.0. The Kier molecular flexibility index (Phi) is 5.78. The molecule has 0 aliphatic heterocycles. The molecule has 0 aromatic heterocycles. The Hall–Kier alpha value is -1.87. The number of halogens is 4. The van der Waals surface area contributed by atoms with Crippen LogP contribution in [0.5, 0.6) is 0 Å². The Morgan fingerprint density at radius 3 is 2.61 bits per heavy atom. The van der Waals surface area contributed by atoms with E-state index >= 15 is 0 Å². The molecule has 0 unspecified atom stereocenters. The average molecular weight is 414 g/mol. The summed E-state index contributed by atoms with van der Waals surface area (Å²) in [5.41, 5.74) is 0.220. The van der Waals surface area contributed by atoms with Crippen molar-refractivity contribution in [1.82, 2.24) is 0 Å². The van der Waals surface area contributed by atoms with E-state index in [1.165, 1.54) is 24.3 Å². The smallest absolute Gasteiger partial charge is 0.266 e. The fraction of sp³-hybridized carbons (Fsp3) is 0. The van der Waals surface area contributed by atoms with Gasteiger partial charge in [-0.25, -0.2) is 4.39 Å². The molecule has 2 aromatic rings. The van der Waals surface area contributed by atoms with Crippen molar-refractivity contribution in [2.24, 2.45) is 0 Å². The fourth-order valence-corrected chi connectivity index (χ4v) is 2.50. The molecule has 1 N–H and O–H groups in total. The van der Waals surface area contributed by atoms with Crippen molar-refractivity contribution in [3.05, 3.63) is 67.9 Å². The van der Waals surface area contributed by atoms with Crippen LogP contribution in [-0.4, -0.2) is 5.91 Å². The summed E-state index contributed by atoms with van der Waals surface area (Å²) in [4.78, 5) is 12.1. The molecule has 0 heterocycles. The molecule has 0 radical (unpaired) electrons. The van der Waals surface area contributed by atoms with E-state index in [1.807, 2.05) is 0 Å². The van der Waals surface area contributed by atoms with Crippen molar-refractivity contribution in [1.29, 1.82) is 5.26 Å². The van der Waals surface area contributed by atoms with Gasteiger partial charge in [0.2, 0.25) is 0 Å². The minimum Gasteiger partial charge on any atom is -0.319 e. The number of benzene rings is 2. The molecule has 0 saturated carbocycles. The van der Waals surface area contributed by atoms with Crippen LogP contribution < -0.4 is 5.32 Å². The molecule has 1 amide bonds. The van der Waals surface area contributed by atoms with Gasteiger partial charge in [0.05, 0.1) is 5.69 Å². The summed E-state index contributed by atoms with van der Waals surface area (Å²) in [6.45, 7) is 0. The number of rotatable bonds is 3. The largest absolute Gasteiger partial charge is 0.319 e. The second-order valence-electron chi connectivity index (χ2n) is 4.41. The van der Waals surface area contributed by atoms with Crippen molar-refractivity contribution in [3.8, 4) is 6.07 Å². The number of carbonyl (C=O) groups is 1. The number of nitrogens with zero attached hydrogens (tertiary/aromatic N) is 1. The third-order valence-corrected chi connectivity index (χ3v) is 3.86. The maximum atomic E-state index is 13.7. The lowest BCUT2D eigenvalue weighted by Crippen LogP contribution is -2.14. The average Bonchev–Trinajstić information content (AvgIpc) is 2.49. The summed E-state index contributed by atoms with van der Waals surface area (Å²) in [5, 5.41) is 12.2. The third-order valence-electron chi connectivity index (χ3n) is 2.81. The zero-order valence-electron chi connectivity index (χ0n) is 11.4. The van der Waals surface area contributed by atoms with Crippen molar-refractivity contribution in [3.63, 3.8) is 0 Å². The van der Waals surface area contributed by atoms with Gasteiger partial charge in [-0.15, -0.1) is 0 Å². The molecule has 23 heavy (non-hydrogen) atoms. The van der Waals surface area contributed by atoms with Gasteiger partial charge in [-0.2, -0.15) is 5.26 Å². The van der Waals surface area contributed by atoms with E-state index in [-0.39, 0.29) is 11.3 Å². The molecule has 0 bridgehead atoms. The molecule has 3 nitrogen and oxygen atoms in total. The number of amides is 1. The quantitative estimate of drug-likeness (QED) is 0.537. The van der Waals surface area contributed by atoms with Gasteiger partial charge < -0.3 is 5.32 Å². The first kappa shape index (κ1) is 17.5. The number of anilines is 1. The highest BCUT2D eigenvalue weighted by Gasteiger charge is 2.13. The number of carbonyl (C=O) groups excluding carboxylic acids is 1. The van der Waals surface area contributed by atoms with E-state index in [1.54, 1.807) is 24.3 Å². The van der Waals surface area contributed by atoms with E-state index in [0.717, 1.165) is 0 Å². The molecular weight excluding hydrogens is 406 g/mol. The Morgan fingerprint density at radius 2 is 2.00 bits per heavy atom. The van der Waals surface area contributed by atoms with E-state index in [2.05, 4.69) is 21.2 Å². The van der Waals surface area contributed by atoms with Crippen LogP contribution in [-0.2, 0) is 4.79 Å². The van der Waals surface area contributed by atoms with Crippen LogP contribution in [0.15, 0.2) is 46.4 Å². The molecule has 116 valence electrons. The summed E-state index contributed by atoms with van der Waals surface area (Å²) >= 11 is 14.9. The highest BCUT2D eigenvalue weighted by Crippen LogP contribution is 2.24. The number of hydrogen-bond acceptors (Lipinski definition) is 2. The molecule has 7 heteroatoms. The molecule has 0 aliphatic rings. The van der Waals surface area contributed by atoms with Gasteiger partial charge in [0.25, 0.3) is 5.91 Å². The first-order valence-electron chi connectivity index (χ1n) is 6.24. The molecule has 2 aromatic carbocycles. The molecule has 0 fully saturated rings. The lowest BCUT2D eigenvalue weighted by molar-refractivity contribution is -0.112. The Bertz CT molecular complexity index is 846. The monoisotopic (exact) mass is 412 g/mol. The predicted molar refractivity (Wildman–Crippen MR) is 92.8 cm³/mol. The summed E-state index contributed by atoms with van der Waals surface area (Å²) < 4.78 is 14.3. The van der Waals surface area contributed by atoms with Gasteiger partial charge in [0, 0.05) is 14.5 Å². The van der Waals surface area contributed by atoms with E-state index in [0.29, 0.717) is 20.1 Å². The van der Waals surface area contributed by atoms with Gasteiger partial charge in [0.15, 0.2) is 0 Å². The lowest BCUT2D eigenvalue weighted by atomic mass is 10.1. The fourth-order valence-electron chi connectivity index (χ4n) is 1.70. The maximum absolute atomic E-state index is 13.7. The lowest BCUT2D eigenvalue weighted by Gasteiger charge is -2.06. The van der Waals surface area contributed by atoms with Gasteiger partial charge in [-0.3, -0.25) is 4.79 Å². The Balaban J connectivity index is 2.28. The number of nitrogens with one attached hydrogen (secondary N) is 1. The van der Waals surface area contributed by atoms with Crippen LogP contribution in [0.25, 0.3) is 6.08 Å². The minimum absolute atomic E-state index is 0.0263. The molecule has 2 rings (SSSR count). The first-order chi connectivity index (χ1) is 10.9. The van der Waals surface area contributed by atoms with Crippen LogP contribution in [0.4, 0.5) is 10.1 Å². The van der Waals surface area contributed by atoms with Gasteiger partial charge >= 0.3 is 0 Å². The summed E-state index contributed by atoms with van der Waals surface area (Å²) in [7, 11) is 0. The highest BCUT2D eigenvalue weighted by molar-refractivity contribution is 9.10. The highest BCUT2D eigenvalue weighted by atomic mass is 79.9. The molecule has 0 atom stereocenters. The van der Waals surface area contributed by atoms with Gasteiger partial charge in [-0.05, 0) is 42.0 Å². The Labute approximate surface area is 150 Å². The van der Waals surface area contributed by atoms with Gasteiger partial charge in [0.1, 0.15) is 17.5 Å². The van der Waals surface area contributed by atoms with Crippen LogP contribution in [0.1, 0.15) is 5.56 Å². The number of hydrogen-bond donors (Lipinski definition) is 1. The van der Waals surface area contributed by atoms with E-state index < -0.39 is 11.7 Å². The van der Waals surface area contributed by atoms with E-state index in [9.17, 15) is 9.18 Å². The topological polar surface area (TPSA) is 52.9 Å².